The number of rotatable bonds is 3. The summed E-state index contributed by atoms with van der Waals surface area (Å²) < 4.78 is 64.5. The second kappa shape index (κ2) is 6.69. The number of benzene rings is 1. The number of amides is 1. The minimum atomic E-state index is -4.52. The van der Waals surface area contributed by atoms with E-state index in [4.69, 9.17) is 0 Å². The van der Waals surface area contributed by atoms with Gasteiger partial charge >= 0.3 is 6.18 Å². The first-order chi connectivity index (χ1) is 11.0. The smallest absolute Gasteiger partial charge is 0.336 e. The average Bonchev–Trinajstić information content (AvgIpc) is 2.53. The molecule has 0 aliphatic carbocycles. The molecule has 0 spiro atoms. The van der Waals surface area contributed by atoms with Gasteiger partial charge in [-0.2, -0.15) is 30.2 Å². The molecule has 1 aromatic carbocycles. The van der Waals surface area contributed by atoms with E-state index in [9.17, 15) is 26.4 Å². The number of halogens is 3. The summed E-state index contributed by atoms with van der Waals surface area (Å²) >= 11 is 0. The average molecular weight is 365 g/mol. The molecule has 134 valence electrons. The fraction of sp³-hybridized carbons (Fsp3) is 0.500. The Balaban J connectivity index is 2.09. The van der Waals surface area contributed by atoms with Gasteiger partial charge in [-0.05, 0) is 18.2 Å². The summed E-state index contributed by atoms with van der Waals surface area (Å²) in [6, 6.07) is 4.22. The van der Waals surface area contributed by atoms with Gasteiger partial charge in [0.25, 0.3) is 16.1 Å². The maximum atomic E-state index is 12.7. The Hall–Kier alpha value is -1.65. The summed E-state index contributed by atoms with van der Waals surface area (Å²) in [7, 11) is -0.735. The number of carbonyl (C=O) groups is 1. The fourth-order valence-corrected chi connectivity index (χ4v) is 3.45. The minimum Gasteiger partial charge on any atom is -0.336 e. The van der Waals surface area contributed by atoms with Gasteiger partial charge in [0.15, 0.2) is 0 Å². The van der Waals surface area contributed by atoms with E-state index in [1.54, 1.807) is 0 Å². The van der Waals surface area contributed by atoms with Gasteiger partial charge in [-0.1, -0.05) is 6.07 Å². The highest BCUT2D eigenvalue weighted by Crippen LogP contribution is 2.29. The Morgan fingerprint density at radius 1 is 1.12 bits per heavy atom. The van der Waals surface area contributed by atoms with Crippen molar-refractivity contribution in [2.75, 3.05) is 40.3 Å². The number of piperazine rings is 1. The van der Waals surface area contributed by atoms with Crippen molar-refractivity contribution < 1.29 is 26.4 Å². The molecule has 0 bridgehead atoms. The van der Waals surface area contributed by atoms with Gasteiger partial charge in [0.1, 0.15) is 0 Å². The van der Waals surface area contributed by atoms with Gasteiger partial charge < -0.3 is 4.90 Å². The number of hydrogen-bond donors (Lipinski definition) is 0. The lowest BCUT2D eigenvalue weighted by atomic mass is 10.1. The maximum absolute atomic E-state index is 12.7. The first kappa shape index (κ1) is 18.7. The second-order valence-electron chi connectivity index (χ2n) is 5.56. The molecule has 1 aromatic rings. The van der Waals surface area contributed by atoms with Gasteiger partial charge in [0, 0.05) is 45.8 Å². The highest BCUT2D eigenvalue weighted by Gasteiger charge is 2.33. The standard InChI is InChI=1S/C14H18F3N3O3S/c1-18(2)24(22,23)20-8-6-19(7-9-20)13(21)11-4-3-5-12(10-11)14(15,16)17/h3-5,10H,6-9H2,1-2H3. The highest BCUT2D eigenvalue weighted by atomic mass is 32.2. The minimum absolute atomic E-state index is 0.0614. The number of alkyl halides is 3. The molecule has 0 atom stereocenters. The summed E-state index contributed by atoms with van der Waals surface area (Å²) in [5.41, 5.74) is -0.948. The van der Waals surface area contributed by atoms with Crippen LogP contribution in [0.3, 0.4) is 0 Å². The largest absolute Gasteiger partial charge is 0.416 e. The van der Waals surface area contributed by atoms with Crippen LogP contribution < -0.4 is 0 Å². The Labute approximate surface area is 138 Å². The van der Waals surface area contributed by atoms with E-state index < -0.39 is 27.9 Å². The zero-order valence-corrected chi connectivity index (χ0v) is 14.1. The third kappa shape index (κ3) is 3.87. The maximum Gasteiger partial charge on any atom is 0.416 e. The molecule has 10 heteroatoms. The molecule has 6 nitrogen and oxygen atoms in total. The lowest BCUT2D eigenvalue weighted by molar-refractivity contribution is -0.137. The highest BCUT2D eigenvalue weighted by molar-refractivity contribution is 7.86. The van der Waals surface area contributed by atoms with Crippen LogP contribution in [0, 0.1) is 0 Å². The molecule has 0 saturated carbocycles. The van der Waals surface area contributed by atoms with Crippen molar-refractivity contribution in [2.24, 2.45) is 0 Å². The fourth-order valence-electron chi connectivity index (χ4n) is 2.36. The Bertz CT molecular complexity index is 711. The van der Waals surface area contributed by atoms with Crippen LogP contribution in [0.1, 0.15) is 15.9 Å². The first-order valence-electron chi connectivity index (χ1n) is 7.17. The Morgan fingerprint density at radius 2 is 1.71 bits per heavy atom. The van der Waals surface area contributed by atoms with Crippen molar-refractivity contribution in [3.05, 3.63) is 35.4 Å². The van der Waals surface area contributed by atoms with Crippen molar-refractivity contribution in [2.45, 2.75) is 6.18 Å². The van der Waals surface area contributed by atoms with E-state index >= 15 is 0 Å². The summed E-state index contributed by atoms with van der Waals surface area (Å²) in [4.78, 5) is 13.7. The summed E-state index contributed by atoms with van der Waals surface area (Å²) in [6.07, 6.45) is -4.52. The molecule has 2 rings (SSSR count). The number of nitrogens with zero attached hydrogens (tertiary/aromatic N) is 3. The van der Waals surface area contributed by atoms with Crippen LogP contribution >= 0.6 is 0 Å². The van der Waals surface area contributed by atoms with Gasteiger partial charge in [0.05, 0.1) is 5.56 Å². The zero-order valence-electron chi connectivity index (χ0n) is 13.2. The molecule has 1 fully saturated rings. The van der Waals surface area contributed by atoms with E-state index in [-0.39, 0.29) is 31.7 Å². The third-order valence-corrected chi connectivity index (χ3v) is 5.69. The monoisotopic (exact) mass is 365 g/mol. The van der Waals surface area contributed by atoms with Crippen molar-refractivity contribution in [1.29, 1.82) is 0 Å². The first-order valence-corrected chi connectivity index (χ1v) is 8.57. The summed E-state index contributed by atoms with van der Waals surface area (Å²) in [5.74, 6) is -0.539. The van der Waals surface area contributed by atoms with Crippen LogP contribution in [-0.4, -0.2) is 68.1 Å². The molecule has 24 heavy (non-hydrogen) atoms. The van der Waals surface area contributed by atoms with Crippen molar-refractivity contribution in [3.63, 3.8) is 0 Å². The van der Waals surface area contributed by atoms with E-state index in [0.717, 1.165) is 16.4 Å². The SMILES string of the molecule is CN(C)S(=O)(=O)N1CCN(C(=O)c2cccc(C(F)(F)F)c2)CC1. The Kier molecular flexibility index (Phi) is 5.21. The molecule has 0 radical (unpaired) electrons. The lowest BCUT2D eigenvalue weighted by Crippen LogP contribution is -2.53. The van der Waals surface area contributed by atoms with E-state index in [1.807, 2.05) is 0 Å². The molecule has 1 aliphatic heterocycles. The van der Waals surface area contributed by atoms with Crippen LogP contribution in [0.2, 0.25) is 0 Å². The second-order valence-corrected chi connectivity index (χ2v) is 7.70. The molecule has 1 amide bonds. The van der Waals surface area contributed by atoms with E-state index in [1.165, 1.54) is 35.4 Å². The van der Waals surface area contributed by atoms with Gasteiger partial charge in [-0.3, -0.25) is 4.79 Å². The molecule has 0 N–H and O–H groups in total. The summed E-state index contributed by atoms with van der Waals surface area (Å²) in [5, 5.41) is 0. The molecular weight excluding hydrogens is 347 g/mol. The Morgan fingerprint density at radius 3 is 2.21 bits per heavy atom. The van der Waals surface area contributed by atoms with Crippen molar-refractivity contribution in [1.82, 2.24) is 13.5 Å². The number of carbonyl (C=O) groups excluding carboxylic acids is 1. The van der Waals surface area contributed by atoms with Crippen LogP contribution in [0.5, 0.6) is 0 Å². The van der Waals surface area contributed by atoms with E-state index in [0.29, 0.717) is 0 Å². The lowest BCUT2D eigenvalue weighted by Gasteiger charge is -2.35. The normalized spacial score (nSPS) is 17.3. The van der Waals surface area contributed by atoms with Crippen molar-refractivity contribution in [3.8, 4) is 0 Å². The zero-order chi connectivity index (χ0) is 18.1. The predicted octanol–water partition coefficient (Wildman–Crippen LogP) is 1.27. The predicted molar refractivity (Wildman–Crippen MR) is 81.5 cm³/mol. The van der Waals surface area contributed by atoms with Crippen LogP contribution in [-0.2, 0) is 16.4 Å². The number of hydrogen-bond acceptors (Lipinski definition) is 3. The third-order valence-electron chi connectivity index (χ3n) is 3.75. The molecule has 1 aliphatic rings. The molecular formula is C14H18F3N3O3S. The van der Waals surface area contributed by atoms with Crippen LogP contribution in [0.25, 0.3) is 0 Å². The van der Waals surface area contributed by atoms with Crippen LogP contribution in [0.15, 0.2) is 24.3 Å². The molecule has 0 aromatic heterocycles. The van der Waals surface area contributed by atoms with Gasteiger partial charge in [-0.25, -0.2) is 0 Å². The topological polar surface area (TPSA) is 60.9 Å². The summed E-state index contributed by atoms with van der Waals surface area (Å²) in [6.45, 7) is 0.459. The quantitative estimate of drug-likeness (QED) is 0.811. The molecule has 0 unspecified atom stereocenters. The van der Waals surface area contributed by atoms with E-state index in [2.05, 4.69) is 0 Å². The van der Waals surface area contributed by atoms with Crippen LogP contribution in [0.4, 0.5) is 13.2 Å². The van der Waals surface area contributed by atoms with Gasteiger partial charge in [-0.15, -0.1) is 0 Å². The molecule has 1 saturated heterocycles. The van der Waals surface area contributed by atoms with Gasteiger partial charge in [0.2, 0.25) is 0 Å². The van der Waals surface area contributed by atoms with Crippen molar-refractivity contribution >= 4 is 16.1 Å². The molecule has 1 heterocycles.